The summed E-state index contributed by atoms with van der Waals surface area (Å²) in [5.74, 6) is 1.60. The molecule has 0 saturated carbocycles. The number of hydrogen-bond acceptors (Lipinski definition) is 3. The van der Waals surface area contributed by atoms with Gasteiger partial charge in [0.1, 0.15) is 0 Å². The number of rotatable bonds is 4. The van der Waals surface area contributed by atoms with Gasteiger partial charge in [0, 0.05) is 5.56 Å². The number of benzene rings is 1. The van der Waals surface area contributed by atoms with Crippen molar-refractivity contribution in [1.82, 2.24) is 0 Å². The Kier molecular flexibility index (Phi) is 4.80. The minimum Gasteiger partial charge on any atom is -0.490 e. The monoisotopic (exact) mass is 264 g/mol. The zero-order valence-corrected chi connectivity index (χ0v) is 11.7. The first kappa shape index (κ1) is 13.9. The Balaban J connectivity index is 2.10. The molecule has 1 aliphatic heterocycles. The lowest BCUT2D eigenvalue weighted by Crippen LogP contribution is -3.05. The molecular formula is C15H22NO3+. The lowest BCUT2D eigenvalue weighted by atomic mass is 10.1. The van der Waals surface area contributed by atoms with E-state index in [1.165, 1.54) is 4.90 Å². The van der Waals surface area contributed by atoms with Crippen LogP contribution < -0.4 is 14.4 Å². The maximum Gasteiger partial charge on any atom is 0.168 e. The molecule has 0 radical (unpaired) electrons. The highest BCUT2D eigenvalue weighted by Crippen LogP contribution is 2.30. The minimum atomic E-state index is 0.162. The Morgan fingerprint density at radius 2 is 1.84 bits per heavy atom. The van der Waals surface area contributed by atoms with Gasteiger partial charge in [0.2, 0.25) is 0 Å². The molecule has 1 N–H and O–H groups in total. The fraction of sp³-hybridized carbons (Fsp3) is 0.533. The van der Waals surface area contributed by atoms with Crippen molar-refractivity contribution in [1.29, 1.82) is 0 Å². The fourth-order valence-electron chi connectivity index (χ4n) is 1.99. The molecule has 0 unspecified atom stereocenters. The van der Waals surface area contributed by atoms with Crippen molar-refractivity contribution in [2.45, 2.75) is 19.3 Å². The molecule has 0 atom stereocenters. The van der Waals surface area contributed by atoms with E-state index in [4.69, 9.17) is 9.47 Å². The van der Waals surface area contributed by atoms with Gasteiger partial charge in [-0.1, -0.05) is 0 Å². The Morgan fingerprint density at radius 1 is 1.16 bits per heavy atom. The largest absolute Gasteiger partial charge is 0.490 e. The quantitative estimate of drug-likeness (QED) is 0.823. The van der Waals surface area contributed by atoms with Crippen LogP contribution in [0.5, 0.6) is 11.5 Å². The van der Waals surface area contributed by atoms with E-state index < -0.39 is 0 Å². The summed E-state index contributed by atoms with van der Waals surface area (Å²) < 4.78 is 11.3. The number of ketones is 1. The molecule has 4 heteroatoms. The van der Waals surface area contributed by atoms with Gasteiger partial charge in [0.15, 0.2) is 17.3 Å². The summed E-state index contributed by atoms with van der Waals surface area (Å²) in [6.07, 6.45) is 2.55. The van der Waals surface area contributed by atoms with Gasteiger partial charge in [-0.05, 0) is 31.0 Å². The van der Waals surface area contributed by atoms with Crippen LogP contribution in [-0.2, 0) is 0 Å². The van der Waals surface area contributed by atoms with E-state index in [0.717, 1.165) is 25.1 Å². The normalized spacial score (nSPS) is 14.9. The van der Waals surface area contributed by atoms with Gasteiger partial charge < -0.3 is 14.4 Å². The molecule has 1 aromatic carbocycles. The minimum absolute atomic E-state index is 0.162. The zero-order valence-electron chi connectivity index (χ0n) is 11.7. The Labute approximate surface area is 114 Å². The van der Waals surface area contributed by atoms with E-state index in [0.29, 0.717) is 30.9 Å². The highest BCUT2D eigenvalue weighted by molar-refractivity contribution is 5.96. The maximum atomic E-state index is 12.1. The Morgan fingerprint density at radius 3 is 2.53 bits per heavy atom. The number of carbonyl (C=O) groups is 1. The lowest BCUT2D eigenvalue weighted by Gasteiger charge is -2.17. The first-order chi connectivity index (χ1) is 9.16. The van der Waals surface area contributed by atoms with Gasteiger partial charge in [0.25, 0.3) is 0 Å². The molecule has 2 rings (SSSR count). The third-order valence-electron chi connectivity index (χ3n) is 3.17. The summed E-state index contributed by atoms with van der Waals surface area (Å²) in [6.45, 7) is 2.25. The van der Waals surface area contributed by atoms with Crippen LogP contribution in [0.3, 0.4) is 0 Å². The maximum absolute atomic E-state index is 12.1. The van der Waals surface area contributed by atoms with E-state index in [2.05, 4.69) is 0 Å². The van der Waals surface area contributed by atoms with Gasteiger partial charge in [-0.2, -0.15) is 0 Å². The van der Waals surface area contributed by atoms with Crippen LogP contribution in [0, 0.1) is 0 Å². The molecular weight excluding hydrogens is 242 g/mol. The third-order valence-corrected chi connectivity index (χ3v) is 3.17. The zero-order chi connectivity index (χ0) is 13.7. The highest BCUT2D eigenvalue weighted by atomic mass is 16.5. The number of Topliss-reactive ketones (excluding diaryl/α,β-unsaturated/α-hetero) is 1. The molecule has 0 bridgehead atoms. The molecule has 1 aliphatic rings. The van der Waals surface area contributed by atoms with E-state index >= 15 is 0 Å². The Hall–Kier alpha value is -1.55. The molecule has 0 amide bonds. The van der Waals surface area contributed by atoms with E-state index in [-0.39, 0.29) is 5.78 Å². The van der Waals surface area contributed by atoms with Crippen LogP contribution in [0.25, 0.3) is 0 Å². The van der Waals surface area contributed by atoms with Crippen LogP contribution in [0.2, 0.25) is 0 Å². The second kappa shape index (κ2) is 6.57. The van der Waals surface area contributed by atoms with Gasteiger partial charge in [-0.3, -0.25) is 4.79 Å². The number of carbonyl (C=O) groups excluding carboxylic acids is 1. The average Bonchev–Trinajstić information content (AvgIpc) is 2.36. The third kappa shape index (κ3) is 3.96. The molecule has 0 saturated heterocycles. The van der Waals surface area contributed by atoms with Gasteiger partial charge in [-0.15, -0.1) is 0 Å². The molecule has 104 valence electrons. The van der Waals surface area contributed by atoms with E-state index in [1.54, 1.807) is 0 Å². The van der Waals surface area contributed by atoms with E-state index in [9.17, 15) is 4.79 Å². The summed E-state index contributed by atoms with van der Waals surface area (Å²) >= 11 is 0. The van der Waals surface area contributed by atoms with Crippen LogP contribution in [-0.4, -0.2) is 39.6 Å². The number of nitrogens with one attached hydrogen (secondary N) is 1. The van der Waals surface area contributed by atoms with E-state index in [1.807, 2.05) is 32.3 Å². The number of quaternary nitrogens is 1. The predicted molar refractivity (Wildman–Crippen MR) is 73.3 cm³/mol. The SMILES string of the molecule is C[NH+](C)CCC(=O)c1ccc2c(c1)OCCCCO2. The van der Waals surface area contributed by atoms with Crippen molar-refractivity contribution in [2.75, 3.05) is 33.9 Å². The molecule has 1 heterocycles. The van der Waals surface area contributed by atoms with Crippen molar-refractivity contribution < 1.29 is 19.2 Å². The topological polar surface area (TPSA) is 40.0 Å². The summed E-state index contributed by atoms with van der Waals surface area (Å²) in [5, 5.41) is 0. The van der Waals surface area contributed by atoms with Crippen molar-refractivity contribution in [2.24, 2.45) is 0 Å². The van der Waals surface area contributed by atoms with Crippen LogP contribution >= 0.6 is 0 Å². The predicted octanol–water partition coefficient (Wildman–Crippen LogP) is 0.955. The van der Waals surface area contributed by atoms with Crippen molar-refractivity contribution in [3.8, 4) is 11.5 Å². The summed E-state index contributed by atoms with van der Waals surface area (Å²) in [4.78, 5) is 13.4. The number of hydrogen-bond donors (Lipinski definition) is 1. The summed E-state index contributed by atoms with van der Waals surface area (Å²) in [7, 11) is 4.09. The number of fused-ring (bicyclic) bond motifs is 1. The smallest absolute Gasteiger partial charge is 0.168 e. The molecule has 0 aromatic heterocycles. The molecule has 0 spiro atoms. The first-order valence-corrected chi connectivity index (χ1v) is 6.88. The molecule has 1 aromatic rings. The lowest BCUT2D eigenvalue weighted by molar-refractivity contribution is -0.857. The van der Waals surface area contributed by atoms with Crippen molar-refractivity contribution in [3.05, 3.63) is 23.8 Å². The average molecular weight is 264 g/mol. The van der Waals surface area contributed by atoms with Gasteiger partial charge in [0.05, 0.1) is 40.3 Å². The molecule has 19 heavy (non-hydrogen) atoms. The summed E-state index contributed by atoms with van der Waals surface area (Å²) in [6, 6.07) is 5.49. The highest BCUT2D eigenvalue weighted by Gasteiger charge is 2.14. The van der Waals surface area contributed by atoms with Crippen LogP contribution in [0.15, 0.2) is 18.2 Å². The summed E-state index contributed by atoms with van der Waals surface area (Å²) in [5.41, 5.74) is 0.712. The van der Waals surface area contributed by atoms with Crippen molar-refractivity contribution in [3.63, 3.8) is 0 Å². The molecule has 4 nitrogen and oxygen atoms in total. The fourth-order valence-corrected chi connectivity index (χ4v) is 1.99. The number of ether oxygens (including phenoxy) is 2. The standard InChI is InChI=1S/C15H21NO3/c1-16(2)8-7-13(17)12-5-6-14-15(11-12)19-10-4-3-9-18-14/h5-6,11H,3-4,7-10H2,1-2H3/p+1. The van der Waals surface area contributed by atoms with Gasteiger partial charge >= 0.3 is 0 Å². The molecule has 0 fully saturated rings. The first-order valence-electron chi connectivity index (χ1n) is 6.88. The Bertz CT molecular complexity index is 443. The second-order valence-corrected chi connectivity index (χ2v) is 5.20. The second-order valence-electron chi connectivity index (χ2n) is 5.20. The van der Waals surface area contributed by atoms with Gasteiger partial charge in [-0.25, -0.2) is 0 Å². The van der Waals surface area contributed by atoms with Crippen molar-refractivity contribution >= 4 is 5.78 Å². The van der Waals surface area contributed by atoms with Crippen LogP contribution in [0.4, 0.5) is 0 Å². The molecule has 0 aliphatic carbocycles. The van der Waals surface area contributed by atoms with Crippen LogP contribution in [0.1, 0.15) is 29.6 Å².